The largest absolute Gasteiger partial charge is 0.480 e. The highest BCUT2D eigenvalue weighted by atomic mass is 19.4. The van der Waals surface area contributed by atoms with Crippen molar-refractivity contribution in [2.75, 3.05) is 6.54 Å². The standard InChI is InChI=1S/C12H11F3N2O3/c13-12(14,15)8-4-2-1-3-7(8)9-5-10(18)17(16-9)6-11(19)20/h1-4,9,16H,5-6H2,(H,19,20). The summed E-state index contributed by atoms with van der Waals surface area (Å²) in [4.78, 5) is 22.1. The average molecular weight is 288 g/mol. The molecule has 0 aromatic heterocycles. The Morgan fingerprint density at radius 1 is 1.40 bits per heavy atom. The van der Waals surface area contributed by atoms with E-state index < -0.39 is 36.2 Å². The first-order valence-corrected chi connectivity index (χ1v) is 5.73. The molecule has 2 N–H and O–H groups in total. The van der Waals surface area contributed by atoms with Crippen LogP contribution in [0.2, 0.25) is 0 Å². The monoisotopic (exact) mass is 288 g/mol. The van der Waals surface area contributed by atoms with Gasteiger partial charge in [-0.05, 0) is 11.6 Å². The van der Waals surface area contributed by atoms with Gasteiger partial charge in [-0.3, -0.25) is 14.6 Å². The number of hydrogen-bond donors (Lipinski definition) is 2. The second kappa shape index (κ2) is 5.12. The minimum Gasteiger partial charge on any atom is -0.480 e. The molecule has 1 aliphatic heterocycles. The molecular formula is C12H11F3N2O3. The van der Waals surface area contributed by atoms with Crippen LogP contribution in [0.5, 0.6) is 0 Å². The van der Waals surface area contributed by atoms with Crippen LogP contribution in [0.25, 0.3) is 0 Å². The summed E-state index contributed by atoms with van der Waals surface area (Å²) in [6, 6.07) is 4.04. The van der Waals surface area contributed by atoms with Crippen LogP contribution in [0.1, 0.15) is 23.6 Å². The number of halogens is 3. The van der Waals surface area contributed by atoms with Crippen molar-refractivity contribution in [3.63, 3.8) is 0 Å². The lowest BCUT2D eigenvalue weighted by Gasteiger charge is -2.19. The predicted molar refractivity (Wildman–Crippen MR) is 61.3 cm³/mol. The summed E-state index contributed by atoms with van der Waals surface area (Å²) >= 11 is 0. The van der Waals surface area contributed by atoms with Gasteiger partial charge in [0, 0.05) is 6.42 Å². The maximum absolute atomic E-state index is 12.9. The summed E-state index contributed by atoms with van der Waals surface area (Å²) in [6.07, 6.45) is -4.73. The molecule has 1 aromatic carbocycles. The number of nitrogens with zero attached hydrogens (tertiary/aromatic N) is 1. The van der Waals surface area contributed by atoms with Gasteiger partial charge in [0.2, 0.25) is 5.91 Å². The molecule has 1 aliphatic rings. The van der Waals surface area contributed by atoms with E-state index in [1.54, 1.807) is 0 Å². The molecule has 0 saturated carbocycles. The molecule has 1 atom stereocenters. The number of hydrazine groups is 1. The molecule has 5 nitrogen and oxygen atoms in total. The van der Waals surface area contributed by atoms with Crippen LogP contribution in [-0.4, -0.2) is 28.5 Å². The molecule has 108 valence electrons. The fourth-order valence-electron chi connectivity index (χ4n) is 2.10. The van der Waals surface area contributed by atoms with Gasteiger partial charge in [-0.25, -0.2) is 5.43 Å². The van der Waals surface area contributed by atoms with Gasteiger partial charge >= 0.3 is 12.1 Å². The second-order valence-corrected chi connectivity index (χ2v) is 4.34. The molecule has 1 unspecified atom stereocenters. The lowest BCUT2D eigenvalue weighted by Crippen LogP contribution is -2.39. The van der Waals surface area contributed by atoms with E-state index in [-0.39, 0.29) is 12.0 Å². The molecule has 8 heteroatoms. The SMILES string of the molecule is O=C(O)CN1NC(c2ccccc2C(F)(F)F)CC1=O. The van der Waals surface area contributed by atoms with E-state index in [1.165, 1.54) is 18.2 Å². The number of hydrogen-bond acceptors (Lipinski definition) is 3. The third kappa shape index (κ3) is 2.90. The van der Waals surface area contributed by atoms with Crippen molar-refractivity contribution in [3.8, 4) is 0 Å². The first kappa shape index (κ1) is 14.3. The Kier molecular flexibility index (Phi) is 3.67. The van der Waals surface area contributed by atoms with E-state index >= 15 is 0 Å². The van der Waals surface area contributed by atoms with Gasteiger partial charge in [0.05, 0.1) is 11.6 Å². The highest BCUT2D eigenvalue weighted by Crippen LogP contribution is 2.36. The number of carbonyl (C=O) groups excluding carboxylic acids is 1. The molecule has 2 rings (SSSR count). The number of carboxylic acid groups (broad SMARTS) is 1. The average Bonchev–Trinajstić information content (AvgIpc) is 2.69. The molecule has 1 aromatic rings. The lowest BCUT2D eigenvalue weighted by atomic mass is 9.99. The van der Waals surface area contributed by atoms with Crippen molar-refractivity contribution in [1.29, 1.82) is 0 Å². The van der Waals surface area contributed by atoms with E-state index in [1.807, 2.05) is 0 Å². The van der Waals surface area contributed by atoms with Crippen molar-refractivity contribution < 1.29 is 27.9 Å². The summed E-state index contributed by atoms with van der Waals surface area (Å²) < 4.78 is 38.7. The van der Waals surface area contributed by atoms with Crippen LogP contribution >= 0.6 is 0 Å². The number of benzene rings is 1. The van der Waals surface area contributed by atoms with Crippen molar-refractivity contribution in [2.45, 2.75) is 18.6 Å². The first-order valence-electron chi connectivity index (χ1n) is 5.73. The molecule has 1 saturated heterocycles. The highest BCUT2D eigenvalue weighted by molar-refractivity contribution is 5.83. The minimum absolute atomic E-state index is 0.0683. The molecule has 1 fully saturated rings. The second-order valence-electron chi connectivity index (χ2n) is 4.34. The predicted octanol–water partition coefficient (Wildman–Crippen LogP) is 1.57. The molecule has 1 heterocycles. The van der Waals surface area contributed by atoms with Crippen LogP contribution in [0.3, 0.4) is 0 Å². The molecular weight excluding hydrogens is 277 g/mol. The van der Waals surface area contributed by atoms with Crippen LogP contribution in [-0.2, 0) is 15.8 Å². The normalized spacial score (nSPS) is 19.4. The number of rotatable bonds is 3. The smallest absolute Gasteiger partial charge is 0.416 e. The number of carboxylic acids is 1. The van der Waals surface area contributed by atoms with E-state index in [2.05, 4.69) is 5.43 Å². The number of alkyl halides is 3. The summed E-state index contributed by atoms with van der Waals surface area (Å²) in [5.74, 6) is -1.79. The van der Waals surface area contributed by atoms with E-state index in [9.17, 15) is 22.8 Å². The zero-order valence-corrected chi connectivity index (χ0v) is 10.1. The van der Waals surface area contributed by atoms with Crippen molar-refractivity contribution >= 4 is 11.9 Å². The van der Waals surface area contributed by atoms with Gasteiger partial charge in [0.15, 0.2) is 0 Å². The number of amides is 1. The zero-order valence-electron chi connectivity index (χ0n) is 10.1. The van der Waals surface area contributed by atoms with Crippen LogP contribution in [0, 0.1) is 0 Å². The third-order valence-electron chi connectivity index (χ3n) is 2.93. The molecule has 0 aliphatic carbocycles. The Hall–Kier alpha value is -2.09. The molecule has 20 heavy (non-hydrogen) atoms. The lowest BCUT2D eigenvalue weighted by molar-refractivity contribution is -0.144. The summed E-state index contributed by atoms with van der Waals surface area (Å²) in [6.45, 7) is -0.594. The third-order valence-corrected chi connectivity index (χ3v) is 2.93. The Morgan fingerprint density at radius 2 is 2.05 bits per heavy atom. The number of nitrogens with one attached hydrogen (secondary N) is 1. The molecule has 0 spiro atoms. The van der Waals surface area contributed by atoms with Crippen LogP contribution in [0.15, 0.2) is 24.3 Å². The van der Waals surface area contributed by atoms with Crippen molar-refractivity contribution in [3.05, 3.63) is 35.4 Å². The molecule has 1 amide bonds. The fourth-order valence-corrected chi connectivity index (χ4v) is 2.10. The van der Waals surface area contributed by atoms with Crippen LogP contribution < -0.4 is 5.43 Å². The first-order chi connectivity index (χ1) is 9.29. The maximum atomic E-state index is 12.9. The zero-order chi connectivity index (χ0) is 14.9. The highest BCUT2D eigenvalue weighted by Gasteiger charge is 2.38. The number of aliphatic carboxylic acids is 1. The Morgan fingerprint density at radius 3 is 2.65 bits per heavy atom. The van der Waals surface area contributed by atoms with E-state index in [0.717, 1.165) is 11.1 Å². The topological polar surface area (TPSA) is 69.6 Å². The van der Waals surface area contributed by atoms with Gasteiger partial charge < -0.3 is 5.11 Å². The van der Waals surface area contributed by atoms with Gasteiger partial charge in [-0.2, -0.15) is 13.2 Å². The Balaban J connectivity index is 2.26. The Bertz CT molecular complexity index is 545. The van der Waals surface area contributed by atoms with Gasteiger partial charge in [0.25, 0.3) is 0 Å². The quantitative estimate of drug-likeness (QED) is 0.885. The van der Waals surface area contributed by atoms with Crippen LogP contribution in [0.4, 0.5) is 13.2 Å². The van der Waals surface area contributed by atoms with Crippen molar-refractivity contribution in [2.24, 2.45) is 0 Å². The van der Waals surface area contributed by atoms with E-state index in [0.29, 0.717) is 0 Å². The van der Waals surface area contributed by atoms with Crippen molar-refractivity contribution in [1.82, 2.24) is 10.4 Å². The summed E-state index contributed by atoms with van der Waals surface area (Å²) in [5, 5.41) is 9.44. The summed E-state index contributed by atoms with van der Waals surface area (Å²) in [5.41, 5.74) is 1.60. The van der Waals surface area contributed by atoms with E-state index in [4.69, 9.17) is 5.11 Å². The minimum atomic E-state index is -4.53. The summed E-state index contributed by atoms with van der Waals surface area (Å²) in [7, 11) is 0. The molecule has 0 bridgehead atoms. The number of carbonyl (C=O) groups is 2. The van der Waals surface area contributed by atoms with Gasteiger partial charge in [0.1, 0.15) is 6.54 Å². The maximum Gasteiger partial charge on any atom is 0.416 e. The molecule has 0 radical (unpaired) electrons. The fraction of sp³-hybridized carbons (Fsp3) is 0.333. The van der Waals surface area contributed by atoms with Gasteiger partial charge in [-0.15, -0.1) is 0 Å². The Labute approximate surface area is 112 Å². The van der Waals surface area contributed by atoms with Gasteiger partial charge in [-0.1, -0.05) is 18.2 Å².